The first-order valence-corrected chi connectivity index (χ1v) is 9.37. The summed E-state index contributed by atoms with van der Waals surface area (Å²) in [5, 5.41) is 6.51. The molecular formula is C18H22ClN9O. The second-order valence-electron chi connectivity index (χ2n) is 6.14. The minimum absolute atomic E-state index is 0.150. The average Bonchev–Trinajstić information content (AvgIpc) is 3.18. The van der Waals surface area contributed by atoms with E-state index in [1.54, 1.807) is 44.8 Å². The Morgan fingerprint density at radius 3 is 2.76 bits per heavy atom. The van der Waals surface area contributed by atoms with E-state index >= 15 is 0 Å². The fourth-order valence-electron chi connectivity index (χ4n) is 2.87. The lowest BCUT2D eigenvalue weighted by atomic mass is 10.2. The Kier molecular flexibility index (Phi) is 6.25. The standard InChI is InChI=1S/C13H17ClN4O.C5H5N5/c1-3-11-16-10-6-4-5-9(14)12(10)13(19)18(11)17(2)8-7-15;6-4-5-7-1-2-10(5)9-3-8-4/h4-6H,3,7-8,15H2,1-2H3;1-3H,(H2,6,8,9). The molecule has 0 aliphatic carbocycles. The van der Waals surface area contributed by atoms with Crippen molar-refractivity contribution < 1.29 is 0 Å². The number of halogens is 1. The van der Waals surface area contributed by atoms with Gasteiger partial charge in [0, 0.05) is 39.0 Å². The molecule has 0 atom stereocenters. The van der Waals surface area contributed by atoms with Crippen LogP contribution in [0.3, 0.4) is 0 Å². The summed E-state index contributed by atoms with van der Waals surface area (Å²) in [7, 11) is 1.82. The molecule has 0 aliphatic rings. The van der Waals surface area contributed by atoms with E-state index < -0.39 is 0 Å². The number of anilines is 1. The first-order chi connectivity index (χ1) is 14.0. The molecule has 0 saturated carbocycles. The number of rotatable bonds is 4. The third kappa shape index (κ3) is 4.13. The monoisotopic (exact) mass is 415 g/mol. The van der Waals surface area contributed by atoms with Gasteiger partial charge in [0.05, 0.1) is 15.9 Å². The number of likely N-dealkylation sites (N-methyl/N-ethyl adjacent to an activating group) is 1. The van der Waals surface area contributed by atoms with E-state index in [0.717, 1.165) is 0 Å². The van der Waals surface area contributed by atoms with Crippen molar-refractivity contribution in [3.05, 3.63) is 58.1 Å². The number of aromatic nitrogens is 6. The van der Waals surface area contributed by atoms with Crippen LogP contribution in [0.2, 0.25) is 5.02 Å². The van der Waals surface area contributed by atoms with Crippen molar-refractivity contribution in [1.82, 2.24) is 29.2 Å². The molecule has 0 bridgehead atoms. The van der Waals surface area contributed by atoms with Gasteiger partial charge < -0.3 is 16.5 Å². The minimum atomic E-state index is -0.150. The minimum Gasteiger partial charge on any atom is -0.381 e. The first-order valence-electron chi connectivity index (χ1n) is 8.99. The molecule has 4 N–H and O–H groups in total. The van der Waals surface area contributed by atoms with E-state index in [2.05, 4.69) is 20.1 Å². The zero-order valence-electron chi connectivity index (χ0n) is 16.2. The van der Waals surface area contributed by atoms with Crippen LogP contribution < -0.4 is 22.0 Å². The number of fused-ring (bicyclic) bond motifs is 2. The van der Waals surface area contributed by atoms with E-state index in [1.807, 2.05) is 14.0 Å². The largest absolute Gasteiger partial charge is 0.381 e. The molecule has 152 valence electrons. The molecule has 0 fully saturated rings. The highest BCUT2D eigenvalue weighted by Crippen LogP contribution is 2.18. The number of imidazole rings is 1. The van der Waals surface area contributed by atoms with Crippen LogP contribution in [-0.2, 0) is 6.42 Å². The molecule has 1 aromatic carbocycles. The van der Waals surface area contributed by atoms with Crippen molar-refractivity contribution >= 4 is 34.0 Å². The molecule has 10 nitrogen and oxygen atoms in total. The summed E-state index contributed by atoms with van der Waals surface area (Å²) in [6.45, 7) is 3.00. The summed E-state index contributed by atoms with van der Waals surface area (Å²) in [5.74, 6) is 1.11. The number of nitrogens with zero attached hydrogens (tertiary/aromatic N) is 7. The quantitative estimate of drug-likeness (QED) is 0.501. The third-order valence-electron chi connectivity index (χ3n) is 4.23. The van der Waals surface area contributed by atoms with Gasteiger partial charge in [0.25, 0.3) is 5.56 Å². The van der Waals surface area contributed by atoms with Gasteiger partial charge in [-0.1, -0.05) is 24.6 Å². The zero-order chi connectivity index (χ0) is 21.0. The van der Waals surface area contributed by atoms with Crippen LogP contribution in [0.1, 0.15) is 12.7 Å². The molecule has 0 radical (unpaired) electrons. The molecule has 0 amide bonds. The third-order valence-corrected chi connectivity index (χ3v) is 4.54. The maximum atomic E-state index is 12.6. The van der Waals surface area contributed by atoms with Crippen molar-refractivity contribution in [3.63, 3.8) is 0 Å². The van der Waals surface area contributed by atoms with Gasteiger partial charge in [-0.3, -0.25) is 4.79 Å². The molecule has 3 heterocycles. The van der Waals surface area contributed by atoms with E-state index in [4.69, 9.17) is 23.1 Å². The van der Waals surface area contributed by atoms with Gasteiger partial charge in [-0.25, -0.2) is 24.1 Å². The van der Waals surface area contributed by atoms with Crippen molar-refractivity contribution in [1.29, 1.82) is 0 Å². The lowest BCUT2D eigenvalue weighted by Gasteiger charge is -2.23. The zero-order valence-corrected chi connectivity index (χ0v) is 16.9. The molecule has 4 aromatic rings. The number of hydrogen-bond donors (Lipinski definition) is 2. The number of hydrogen-bond acceptors (Lipinski definition) is 8. The van der Waals surface area contributed by atoms with Gasteiger partial charge in [-0.05, 0) is 12.1 Å². The highest BCUT2D eigenvalue weighted by Gasteiger charge is 2.14. The number of aryl methyl sites for hydroxylation is 1. The van der Waals surface area contributed by atoms with Crippen molar-refractivity contribution in [2.24, 2.45) is 5.73 Å². The van der Waals surface area contributed by atoms with Crippen molar-refractivity contribution in [2.45, 2.75) is 13.3 Å². The predicted molar refractivity (Wildman–Crippen MR) is 114 cm³/mol. The van der Waals surface area contributed by atoms with Gasteiger partial charge in [-0.15, -0.1) is 0 Å². The molecule has 4 rings (SSSR count). The van der Waals surface area contributed by atoms with Crippen molar-refractivity contribution in [2.75, 3.05) is 30.9 Å². The molecule has 11 heteroatoms. The molecular weight excluding hydrogens is 394 g/mol. The Labute approximate surface area is 171 Å². The predicted octanol–water partition coefficient (Wildman–Crippen LogP) is 0.845. The lowest BCUT2D eigenvalue weighted by molar-refractivity contribution is 0.592. The van der Waals surface area contributed by atoms with Crippen LogP contribution in [0.5, 0.6) is 0 Å². The molecule has 0 aliphatic heterocycles. The summed E-state index contributed by atoms with van der Waals surface area (Å²) in [6, 6.07) is 5.30. The maximum Gasteiger partial charge on any atom is 0.281 e. The van der Waals surface area contributed by atoms with E-state index in [1.165, 1.54) is 6.33 Å². The highest BCUT2D eigenvalue weighted by molar-refractivity contribution is 6.35. The Balaban J connectivity index is 0.000000200. The van der Waals surface area contributed by atoms with Gasteiger partial charge in [-0.2, -0.15) is 5.10 Å². The molecule has 0 spiro atoms. The summed E-state index contributed by atoms with van der Waals surface area (Å²) >= 11 is 6.12. The molecule has 29 heavy (non-hydrogen) atoms. The summed E-state index contributed by atoms with van der Waals surface area (Å²) in [6.07, 6.45) is 5.39. The molecule has 0 unspecified atom stereocenters. The van der Waals surface area contributed by atoms with Crippen LogP contribution in [0.15, 0.2) is 41.7 Å². The molecule has 3 aromatic heterocycles. The molecule has 0 saturated heterocycles. The Bertz CT molecular complexity index is 1190. The van der Waals surface area contributed by atoms with Crippen LogP contribution in [-0.4, -0.2) is 49.4 Å². The second kappa shape index (κ2) is 8.84. The van der Waals surface area contributed by atoms with Gasteiger partial charge in [0.2, 0.25) is 0 Å². The fraction of sp³-hybridized carbons (Fsp3) is 0.278. The topological polar surface area (TPSA) is 133 Å². The highest BCUT2D eigenvalue weighted by atomic mass is 35.5. The second-order valence-corrected chi connectivity index (χ2v) is 6.55. The first kappa shape index (κ1) is 20.5. The van der Waals surface area contributed by atoms with Gasteiger partial charge >= 0.3 is 0 Å². The van der Waals surface area contributed by atoms with E-state index in [9.17, 15) is 4.79 Å². The normalized spacial score (nSPS) is 10.8. The van der Waals surface area contributed by atoms with Crippen LogP contribution in [0, 0.1) is 0 Å². The summed E-state index contributed by atoms with van der Waals surface area (Å²) < 4.78 is 3.13. The van der Waals surface area contributed by atoms with Crippen LogP contribution in [0.4, 0.5) is 5.82 Å². The Morgan fingerprint density at radius 1 is 1.28 bits per heavy atom. The van der Waals surface area contributed by atoms with E-state index in [-0.39, 0.29) is 5.56 Å². The number of nitrogens with two attached hydrogens (primary N) is 2. The van der Waals surface area contributed by atoms with Gasteiger partial charge in [0.1, 0.15) is 12.2 Å². The number of nitrogen functional groups attached to an aromatic ring is 1. The summed E-state index contributed by atoms with van der Waals surface area (Å²) in [4.78, 5) is 24.8. The smallest absolute Gasteiger partial charge is 0.281 e. The SMILES string of the molecule is CCc1nc2cccc(Cl)c2c(=O)n1N(C)CCN.Nc1ncnn2ccnc12. The maximum absolute atomic E-state index is 12.6. The van der Waals surface area contributed by atoms with Crippen LogP contribution >= 0.6 is 11.6 Å². The summed E-state index contributed by atoms with van der Waals surface area (Å²) in [5.41, 5.74) is 12.1. The van der Waals surface area contributed by atoms with E-state index in [0.29, 0.717) is 52.7 Å². The van der Waals surface area contributed by atoms with Crippen molar-refractivity contribution in [3.8, 4) is 0 Å². The lowest BCUT2D eigenvalue weighted by Crippen LogP contribution is -2.44. The Morgan fingerprint density at radius 2 is 2.07 bits per heavy atom. The fourth-order valence-corrected chi connectivity index (χ4v) is 3.12. The van der Waals surface area contributed by atoms with Gasteiger partial charge in [0.15, 0.2) is 11.5 Å². The average molecular weight is 416 g/mol. The number of benzene rings is 1. The van der Waals surface area contributed by atoms with Crippen LogP contribution in [0.25, 0.3) is 16.6 Å². The Hall–Kier alpha value is -3.24.